The van der Waals surface area contributed by atoms with E-state index in [1.165, 1.54) is 13.1 Å². The predicted molar refractivity (Wildman–Crippen MR) is 59.6 cm³/mol. The van der Waals surface area contributed by atoms with Crippen LogP contribution in [0, 0.1) is 0 Å². The van der Waals surface area contributed by atoms with Crippen LogP contribution in [0.3, 0.4) is 0 Å². The molecule has 1 fully saturated rings. The molecule has 84 valence electrons. The number of hydrogen-bond donors (Lipinski definition) is 1. The van der Waals surface area contributed by atoms with E-state index in [1.54, 1.807) is 7.11 Å². The molecule has 0 aromatic rings. The molecule has 0 bridgehead atoms. The van der Waals surface area contributed by atoms with Crippen LogP contribution in [-0.4, -0.2) is 49.8 Å². The third kappa shape index (κ3) is 3.95. The molecule has 1 heterocycles. The van der Waals surface area contributed by atoms with E-state index in [4.69, 9.17) is 4.74 Å². The van der Waals surface area contributed by atoms with Crippen LogP contribution in [0.15, 0.2) is 0 Å². The minimum Gasteiger partial charge on any atom is -0.379 e. The monoisotopic (exact) mass is 200 g/mol. The average Bonchev–Trinajstić information content (AvgIpc) is 2.15. The summed E-state index contributed by atoms with van der Waals surface area (Å²) in [6.07, 6.45) is 1.11. The van der Waals surface area contributed by atoms with Gasteiger partial charge in [-0.3, -0.25) is 0 Å². The number of ether oxygens (including phenoxy) is 1. The molecule has 0 saturated carbocycles. The van der Waals surface area contributed by atoms with E-state index < -0.39 is 0 Å². The maximum absolute atomic E-state index is 5.41. The van der Waals surface area contributed by atoms with Crippen molar-refractivity contribution >= 4 is 0 Å². The first-order chi connectivity index (χ1) is 6.53. The fourth-order valence-corrected chi connectivity index (χ4v) is 1.74. The first kappa shape index (κ1) is 12.0. The Balaban J connectivity index is 2.23. The quantitative estimate of drug-likeness (QED) is 0.735. The summed E-state index contributed by atoms with van der Waals surface area (Å²) in [4.78, 5) is 2.52. The van der Waals surface area contributed by atoms with Crippen molar-refractivity contribution < 1.29 is 4.74 Å². The van der Waals surface area contributed by atoms with Gasteiger partial charge in [-0.2, -0.15) is 0 Å². The van der Waals surface area contributed by atoms with Gasteiger partial charge in [-0.05, 0) is 27.2 Å². The van der Waals surface area contributed by atoms with Crippen LogP contribution in [0.1, 0.15) is 27.2 Å². The van der Waals surface area contributed by atoms with Crippen LogP contribution >= 0.6 is 0 Å². The second kappa shape index (κ2) is 5.10. The lowest BCUT2D eigenvalue weighted by molar-refractivity contribution is 0.00559. The van der Waals surface area contributed by atoms with Gasteiger partial charge in [0.05, 0.1) is 5.60 Å². The van der Waals surface area contributed by atoms with Gasteiger partial charge in [0.1, 0.15) is 0 Å². The van der Waals surface area contributed by atoms with E-state index in [2.05, 4.69) is 31.0 Å². The van der Waals surface area contributed by atoms with Gasteiger partial charge in [0.2, 0.25) is 0 Å². The molecule has 3 nitrogen and oxygen atoms in total. The smallest absolute Gasteiger partial charge is 0.0634 e. The first-order valence-corrected chi connectivity index (χ1v) is 5.54. The fourth-order valence-electron chi connectivity index (χ4n) is 1.74. The van der Waals surface area contributed by atoms with Crippen LogP contribution < -0.4 is 5.32 Å². The zero-order valence-corrected chi connectivity index (χ0v) is 9.97. The van der Waals surface area contributed by atoms with Gasteiger partial charge in [0.25, 0.3) is 0 Å². The summed E-state index contributed by atoms with van der Waals surface area (Å²) < 4.78 is 5.41. The minimum absolute atomic E-state index is 0.0219. The molecule has 1 aliphatic rings. The van der Waals surface area contributed by atoms with E-state index >= 15 is 0 Å². The number of nitrogens with one attached hydrogen (secondary N) is 1. The van der Waals surface area contributed by atoms with Gasteiger partial charge in [-0.15, -0.1) is 0 Å². The van der Waals surface area contributed by atoms with Crippen LogP contribution in [0.4, 0.5) is 0 Å². The maximum atomic E-state index is 5.41. The van der Waals surface area contributed by atoms with Crippen molar-refractivity contribution in [3.8, 4) is 0 Å². The molecule has 0 aromatic carbocycles. The van der Waals surface area contributed by atoms with Gasteiger partial charge in [-0.1, -0.05) is 0 Å². The Kier molecular flexibility index (Phi) is 4.35. The molecule has 1 rings (SSSR count). The van der Waals surface area contributed by atoms with Crippen LogP contribution in [0.2, 0.25) is 0 Å². The molecule has 0 aromatic heterocycles. The standard InChI is InChI=1S/C11H24N2O/c1-10-9-13(8-6-12-10)7-5-11(2,3)14-4/h10,12H,5-9H2,1-4H3/t10-/m0/s1. The predicted octanol–water partition coefficient (Wildman–Crippen LogP) is 1.10. The highest BCUT2D eigenvalue weighted by Crippen LogP contribution is 2.14. The van der Waals surface area contributed by atoms with E-state index in [0.29, 0.717) is 6.04 Å². The van der Waals surface area contributed by atoms with Crippen molar-refractivity contribution in [2.75, 3.05) is 33.3 Å². The number of hydrogen-bond acceptors (Lipinski definition) is 3. The van der Waals surface area contributed by atoms with Crippen molar-refractivity contribution in [3.05, 3.63) is 0 Å². The summed E-state index contributed by atoms with van der Waals surface area (Å²) >= 11 is 0. The SMILES string of the molecule is COC(C)(C)CCN1CCN[C@@H](C)C1. The highest BCUT2D eigenvalue weighted by molar-refractivity contribution is 4.77. The van der Waals surface area contributed by atoms with Gasteiger partial charge >= 0.3 is 0 Å². The van der Waals surface area contributed by atoms with Crippen LogP contribution in [0.5, 0.6) is 0 Å². The fraction of sp³-hybridized carbons (Fsp3) is 1.00. The molecule has 3 heteroatoms. The van der Waals surface area contributed by atoms with Gasteiger partial charge < -0.3 is 15.0 Å². The summed E-state index contributed by atoms with van der Waals surface area (Å²) in [6.45, 7) is 11.1. The Hall–Kier alpha value is -0.120. The number of methoxy groups -OCH3 is 1. The molecule has 0 amide bonds. The molecule has 1 saturated heterocycles. The normalized spacial score (nSPS) is 25.3. The second-order valence-corrected chi connectivity index (χ2v) is 4.87. The molecule has 0 unspecified atom stereocenters. The average molecular weight is 200 g/mol. The zero-order valence-electron chi connectivity index (χ0n) is 9.97. The summed E-state index contributed by atoms with van der Waals surface area (Å²) in [6, 6.07) is 0.634. The van der Waals surface area contributed by atoms with Gasteiger partial charge in [-0.25, -0.2) is 0 Å². The largest absolute Gasteiger partial charge is 0.379 e. The van der Waals surface area contributed by atoms with E-state index in [9.17, 15) is 0 Å². The maximum Gasteiger partial charge on any atom is 0.0634 e. The third-order valence-corrected chi connectivity index (χ3v) is 3.04. The molecule has 0 radical (unpaired) electrons. The number of nitrogens with zero attached hydrogens (tertiary/aromatic N) is 1. The lowest BCUT2D eigenvalue weighted by Crippen LogP contribution is -2.50. The lowest BCUT2D eigenvalue weighted by atomic mass is 10.0. The number of rotatable bonds is 4. The Morgan fingerprint density at radius 3 is 2.79 bits per heavy atom. The molecular weight excluding hydrogens is 176 g/mol. The third-order valence-electron chi connectivity index (χ3n) is 3.04. The molecule has 1 aliphatic heterocycles. The van der Waals surface area contributed by atoms with Gasteiger partial charge in [0, 0.05) is 39.3 Å². The molecule has 0 spiro atoms. The molecule has 0 aliphatic carbocycles. The molecule has 1 atom stereocenters. The summed E-state index contributed by atoms with van der Waals surface area (Å²) in [5, 5.41) is 3.45. The topological polar surface area (TPSA) is 24.5 Å². The molecule has 14 heavy (non-hydrogen) atoms. The second-order valence-electron chi connectivity index (χ2n) is 4.87. The van der Waals surface area contributed by atoms with E-state index in [-0.39, 0.29) is 5.60 Å². The highest BCUT2D eigenvalue weighted by Gasteiger charge is 2.20. The Morgan fingerprint density at radius 1 is 1.50 bits per heavy atom. The zero-order chi connectivity index (χ0) is 10.6. The van der Waals surface area contributed by atoms with Crippen molar-refractivity contribution in [2.45, 2.75) is 38.8 Å². The van der Waals surface area contributed by atoms with E-state index in [0.717, 1.165) is 19.5 Å². The minimum atomic E-state index is 0.0219. The van der Waals surface area contributed by atoms with Crippen LogP contribution in [-0.2, 0) is 4.74 Å². The summed E-state index contributed by atoms with van der Waals surface area (Å²) in [7, 11) is 1.79. The van der Waals surface area contributed by atoms with Gasteiger partial charge in [0.15, 0.2) is 0 Å². The van der Waals surface area contributed by atoms with Crippen molar-refractivity contribution in [1.82, 2.24) is 10.2 Å². The summed E-state index contributed by atoms with van der Waals surface area (Å²) in [5.41, 5.74) is 0.0219. The van der Waals surface area contributed by atoms with E-state index in [1.807, 2.05) is 0 Å². The molecule has 1 N–H and O–H groups in total. The Bertz CT molecular complexity index is 171. The number of piperazine rings is 1. The van der Waals surface area contributed by atoms with Crippen molar-refractivity contribution in [3.63, 3.8) is 0 Å². The highest BCUT2D eigenvalue weighted by atomic mass is 16.5. The van der Waals surface area contributed by atoms with Crippen molar-refractivity contribution in [1.29, 1.82) is 0 Å². The van der Waals surface area contributed by atoms with Crippen LogP contribution in [0.25, 0.3) is 0 Å². The summed E-state index contributed by atoms with van der Waals surface area (Å²) in [5.74, 6) is 0. The Morgan fingerprint density at radius 2 is 2.21 bits per heavy atom. The molecular formula is C11H24N2O. The van der Waals surface area contributed by atoms with Crippen molar-refractivity contribution in [2.24, 2.45) is 0 Å². The lowest BCUT2D eigenvalue weighted by Gasteiger charge is -2.34. The Labute approximate surface area is 87.8 Å². The first-order valence-electron chi connectivity index (χ1n) is 5.54.